The summed E-state index contributed by atoms with van der Waals surface area (Å²) in [5.74, 6) is -0.610. The lowest BCUT2D eigenvalue weighted by molar-refractivity contribution is 0.0849. The predicted molar refractivity (Wildman–Crippen MR) is 137 cm³/mol. The van der Waals surface area contributed by atoms with Crippen molar-refractivity contribution in [1.82, 2.24) is 30.8 Å². The van der Waals surface area contributed by atoms with Crippen molar-refractivity contribution in [3.05, 3.63) is 50.6 Å². The van der Waals surface area contributed by atoms with Gasteiger partial charge >= 0.3 is 6.09 Å². The number of carbonyl (C=O) groups excluding carboxylic acids is 2. The molecule has 1 aromatic carbocycles. The Kier molecular flexibility index (Phi) is 6.87. The number of nitrogens with one attached hydrogen (secondary N) is 4. The van der Waals surface area contributed by atoms with E-state index in [0.717, 1.165) is 41.0 Å². The zero-order chi connectivity index (χ0) is 25.4. The maximum Gasteiger partial charge on any atom is 0.404 e. The molecule has 0 spiro atoms. The first-order valence-electron chi connectivity index (χ1n) is 11.8. The van der Waals surface area contributed by atoms with Crippen LogP contribution in [0.2, 0.25) is 5.02 Å². The van der Waals surface area contributed by atoms with Crippen LogP contribution >= 0.6 is 22.9 Å². The fourth-order valence-corrected chi connectivity index (χ4v) is 6.20. The van der Waals surface area contributed by atoms with Crippen LogP contribution in [0.3, 0.4) is 0 Å². The van der Waals surface area contributed by atoms with Crippen LogP contribution in [0.5, 0.6) is 0 Å². The molecule has 0 bridgehead atoms. The number of likely N-dealkylation sites (N-methyl/N-ethyl adjacent to an activating group) is 1. The number of rotatable bonds is 5. The van der Waals surface area contributed by atoms with E-state index >= 15 is 0 Å². The number of aromatic nitrogens is 2. The third-order valence-corrected chi connectivity index (χ3v) is 8.07. The van der Waals surface area contributed by atoms with Crippen LogP contribution in [0, 0.1) is 0 Å². The predicted octanol–water partition coefficient (Wildman–Crippen LogP) is 2.98. The van der Waals surface area contributed by atoms with Gasteiger partial charge in [0, 0.05) is 52.4 Å². The summed E-state index contributed by atoms with van der Waals surface area (Å²) >= 11 is 7.47. The van der Waals surface area contributed by atoms with Crippen LogP contribution < -0.4 is 16.0 Å². The van der Waals surface area contributed by atoms with Crippen molar-refractivity contribution in [2.45, 2.75) is 50.4 Å². The van der Waals surface area contributed by atoms with E-state index in [1.165, 1.54) is 11.3 Å². The van der Waals surface area contributed by atoms with Gasteiger partial charge in [-0.15, -0.1) is 11.3 Å². The summed E-state index contributed by atoms with van der Waals surface area (Å²) in [6, 6.07) is 5.87. The topological polar surface area (TPSA) is 139 Å². The number of hydrogen-bond acceptors (Lipinski definition) is 6. The number of amides is 3. The Morgan fingerprint density at radius 1 is 1.14 bits per heavy atom. The molecule has 3 atom stereocenters. The normalized spacial score (nSPS) is 22.1. The van der Waals surface area contributed by atoms with E-state index in [1.54, 1.807) is 24.3 Å². The first-order chi connectivity index (χ1) is 17.2. The van der Waals surface area contributed by atoms with Crippen molar-refractivity contribution in [2.75, 3.05) is 13.6 Å². The van der Waals surface area contributed by atoms with E-state index < -0.39 is 12.1 Å². The quantitative estimate of drug-likeness (QED) is 0.343. The van der Waals surface area contributed by atoms with Gasteiger partial charge in [-0.25, -0.2) is 9.78 Å². The zero-order valence-corrected chi connectivity index (χ0v) is 21.2. The minimum atomic E-state index is -1.11. The van der Waals surface area contributed by atoms with Gasteiger partial charge in [-0.2, -0.15) is 0 Å². The number of benzene rings is 1. The number of thiazole rings is 1. The van der Waals surface area contributed by atoms with Gasteiger partial charge in [0.2, 0.25) is 0 Å². The number of nitrogens with zero attached hydrogens (tertiary/aromatic N) is 2. The van der Waals surface area contributed by atoms with E-state index in [2.05, 4.69) is 30.8 Å². The van der Waals surface area contributed by atoms with E-state index in [1.807, 2.05) is 7.05 Å². The molecule has 3 aromatic rings. The smallest absolute Gasteiger partial charge is 0.404 e. The second-order valence-electron chi connectivity index (χ2n) is 9.41. The number of carboxylic acid groups (broad SMARTS) is 1. The van der Waals surface area contributed by atoms with E-state index in [9.17, 15) is 19.5 Å². The molecule has 3 heterocycles. The SMILES string of the molecule is CN1CCc2nc(C(=O)N[C@H]3CCC(NC(=O)O)C[C@H]3NC(=O)c3cc4cc(Cl)ccc4[nH]3)sc2C1. The summed E-state index contributed by atoms with van der Waals surface area (Å²) in [5, 5.41) is 19.5. The van der Waals surface area contributed by atoms with Crippen molar-refractivity contribution >= 4 is 51.7 Å². The highest BCUT2D eigenvalue weighted by molar-refractivity contribution is 7.13. The molecule has 1 saturated carbocycles. The van der Waals surface area contributed by atoms with Crippen LogP contribution in [-0.2, 0) is 13.0 Å². The molecule has 10 nitrogen and oxygen atoms in total. The molecule has 0 saturated heterocycles. The molecule has 1 unspecified atom stereocenters. The van der Waals surface area contributed by atoms with Gasteiger partial charge in [0.1, 0.15) is 5.69 Å². The maximum atomic E-state index is 13.1. The number of fused-ring (bicyclic) bond motifs is 2. The van der Waals surface area contributed by atoms with Crippen molar-refractivity contribution in [3.8, 4) is 0 Å². The van der Waals surface area contributed by atoms with Gasteiger partial charge in [0.05, 0.1) is 11.7 Å². The third kappa shape index (κ3) is 5.32. The van der Waals surface area contributed by atoms with Crippen molar-refractivity contribution in [3.63, 3.8) is 0 Å². The molecular formula is C24H27ClN6O4S. The van der Waals surface area contributed by atoms with Crippen molar-refractivity contribution in [1.29, 1.82) is 0 Å². The minimum Gasteiger partial charge on any atom is -0.465 e. The number of carbonyl (C=O) groups is 3. The lowest BCUT2D eigenvalue weighted by Crippen LogP contribution is -2.57. The van der Waals surface area contributed by atoms with E-state index in [-0.39, 0.29) is 23.9 Å². The highest BCUT2D eigenvalue weighted by Gasteiger charge is 2.34. The summed E-state index contributed by atoms with van der Waals surface area (Å²) in [7, 11) is 2.04. The third-order valence-electron chi connectivity index (χ3n) is 6.75. The minimum absolute atomic E-state index is 0.272. The summed E-state index contributed by atoms with van der Waals surface area (Å²) < 4.78 is 0. The van der Waals surface area contributed by atoms with Crippen LogP contribution in [-0.4, -0.2) is 69.6 Å². The first-order valence-corrected chi connectivity index (χ1v) is 13.0. The first kappa shape index (κ1) is 24.5. The second-order valence-corrected chi connectivity index (χ2v) is 10.9. The summed E-state index contributed by atoms with van der Waals surface area (Å²) in [6.07, 6.45) is 1.12. The van der Waals surface area contributed by atoms with Crippen molar-refractivity contribution in [2.24, 2.45) is 0 Å². The van der Waals surface area contributed by atoms with Crippen LogP contribution in [0.25, 0.3) is 10.9 Å². The van der Waals surface area contributed by atoms with Gasteiger partial charge < -0.3 is 30.9 Å². The van der Waals surface area contributed by atoms with Gasteiger partial charge in [-0.1, -0.05) is 11.6 Å². The fraction of sp³-hybridized carbons (Fsp3) is 0.417. The zero-order valence-electron chi connectivity index (χ0n) is 19.6. The lowest BCUT2D eigenvalue weighted by atomic mass is 9.86. The Morgan fingerprint density at radius 3 is 2.75 bits per heavy atom. The summed E-state index contributed by atoms with van der Waals surface area (Å²) in [6.45, 7) is 1.69. The number of aromatic amines is 1. The molecule has 1 aliphatic carbocycles. The number of hydrogen-bond donors (Lipinski definition) is 5. The van der Waals surface area contributed by atoms with Crippen LogP contribution in [0.4, 0.5) is 4.79 Å². The molecule has 5 N–H and O–H groups in total. The fourth-order valence-electron chi connectivity index (χ4n) is 4.93. The molecule has 0 radical (unpaired) electrons. The van der Waals surface area contributed by atoms with Crippen molar-refractivity contribution < 1.29 is 19.5 Å². The second kappa shape index (κ2) is 10.1. The highest BCUT2D eigenvalue weighted by atomic mass is 35.5. The van der Waals surface area contributed by atoms with Gasteiger partial charge in [-0.05, 0) is 50.6 Å². The monoisotopic (exact) mass is 530 g/mol. The Hall–Kier alpha value is -3.15. The lowest BCUT2D eigenvalue weighted by Gasteiger charge is -2.36. The maximum absolute atomic E-state index is 13.1. The standard InChI is InChI=1S/C24H27ClN6O4S/c1-31-7-6-17-20(11-31)36-23(30-17)22(33)28-16-5-3-14(26-24(34)35)10-18(16)29-21(32)19-9-12-8-13(25)2-4-15(12)27-19/h2,4,8-9,14,16,18,26-27H,3,5-7,10-11H2,1H3,(H,28,33)(H,29,32)(H,34,35)/t14?,16-,18+/m0/s1. The highest BCUT2D eigenvalue weighted by Crippen LogP contribution is 2.26. The molecule has 1 fully saturated rings. The molecule has 2 aromatic heterocycles. The van der Waals surface area contributed by atoms with E-state index in [0.29, 0.717) is 35.0 Å². The molecule has 3 amide bonds. The largest absolute Gasteiger partial charge is 0.465 e. The van der Waals surface area contributed by atoms with Gasteiger partial charge in [0.25, 0.3) is 11.8 Å². The molecule has 5 rings (SSSR count). The number of halogens is 1. The Bertz CT molecular complexity index is 1320. The molecule has 1 aliphatic heterocycles. The summed E-state index contributed by atoms with van der Waals surface area (Å²) in [5.41, 5.74) is 2.12. The molecule has 36 heavy (non-hydrogen) atoms. The van der Waals surface area contributed by atoms with E-state index in [4.69, 9.17) is 11.6 Å². The average Bonchev–Trinajstić information content (AvgIpc) is 3.44. The van der Waals surface area contributed by atoms with Crippen LogP contribution in [0.15, 0.2) is 24.3 Å². The Morgan fingerprint density at radius 2 is 1.94 bits per heavy atom. The molecule has 12 heteroatoms. The summed E-state index contributed by atoms with van der Waals surface area (Å²) in [4.78, 5) is 48.4. The molecule has 2 aliphatic rings. The number of H-pyrrole nitrogens is 1. The van der Waals surface area contributed by atoms with Crippen LogP contribution in [0.1, 0.15) is 50.1 Å². The Labute approximate surface area is 216 Å². The Balaban J connectivity index is 1.32. The van der Waals surface area contributed by atoms with Gasteiger partial charge in [0.15, 0.2) is 5.01 Å². The average molecular weight is 531 g/mol. The molecular weight excluding hydrogens is 504 g/mol. The molecule has 190 valence electrons. The van der Waals surface area contributed by atoms with Gasteiger partial charge in [-0.3, -0.25) is 9.59 Å².